The Morgan fingerprint density at radius 3 is 2.35 bits per heavy atom. The van der Waals surface area contributed by atoms with Crippen LogP contribution < -0.4 is 9.47 Å². The van der Waals surface area contributed by atoms with E-state index in [1.807, 2.05) is 6.07 Å². The summed E-state index contributed by atoms with van der Waals surface area (Å²) in [6, 6.07) is 23.2. The Morgan fingerprint density at radius 1 is 0.853 bits per heavy atom. The molecule has 0 bridgehead atoms. The van der Waals surface area contributed by atoms with Crippen molar-refractivity contribution >= 4 is 11.0 Å². The van der Waals surface area contributed by atoms with Gasteiger partial charge >= 0.3 is 0 Å². The third kappa shape index (κ3) is 5.61. The number of aromatic nitrogens is 2. The number of nitrogens with zero attached hydrogens (tertiary/aromatic N) is 2. The quantitative estimate of drug-likeness (QED) is 0.230. The number of benzene rings is 3. The summed E-state index contributed by atoms with van der Waals surface area (Å²) in [7, 11) is 0. The molecule has 0 aliphatic heterocycles. The molecule has 4 rings (SSSR count). The van der Waals surface area contributed by atoms with Crippen LogP contribution in [-0.4, -0.2) is 16.2 Å². The minimum atomic E-state index is 0.404. The molecule has 1 heterocycles. The van der Waals surface area contributed by atoms with Gasteiger partial charge in [-0.05, 0) is 72.2 Å². The van der Waals surface area contributed by atoms with Crippen LogP contribution in [0.15, 0.2) is 66.7 Å². The van der Waals surface area contributed by atoms with Crippen molar-refractivity contribution in [2.24, 2.45) is 0 Å². The summed E-state index contributed by atoms with van der Waals surface area (Å²) in [6.45, 7) is 12.8. The van der Waals surface area contributed by atoms with E-state index in [0.29, 0.717) is 25.0 Å². The van der Waals surface area contributed by atoms with Gasteiger partial charge in [-0.25, -0.2) is 4.98 Å². The molecular formula is C30H36N2O2. The van der Waals surface area contributed by atoms with Crippen molar-refractivity contribution in [2.45, 2.75) is 66.0 Å². The lowest BCUT2D eigenvalue weighted by Crippen LogP contribution is -2.11. The maximum atomic E-state index is 6.33. The van der Waals surface area contributed by atoms with E-state index >= 15 is 0 Å². The Balaban J connectivity index is 1.45. The van der Waals surface area contributed by atoms with Crippen molar-refractivity contribution in [3.63, 3.8) is 0 Å². The highest BCUT2D eigenvalue weighted by Crippen LogP contribution is 2.28. The summed E-state index contributed by atoms with van der Waals surface area (Å²) < 4.78 is 14.6. The summed E-state index contributed by atoms with van der Waals surface area (Å²) in [5, 5.41) is 0. The zero-order chi connectivity index (χ0) is 24.1. The van der Waals surface area contributed by atoms with E-state index in [9.17, 15) is 0 Å². The molecule has 178 valence electrons. The van der Waals surface area contributed by atoms with Crippen molar-refractivity contribution in [2.75, 3.05) is 6.61 Å². The molecule has 0 saturated carbocycles. The fraction of sp³-hybridized carbons (Fsp3) is 0.367. The van der Waals surface area contributed by atoms with Gasteiger partial charge in [0.1, 0.15) is 23.9 Å². The molecule has 0 spiro atoms. The largest absolute Gasteiger partial charge is 0.494 e. The summed E-state index contributed by atoms with van der Waals surface area (Å²) in [5.41, 5.74) is 5.89. The van der Waals surface area contributed by atoms with Crippen molar-refractivity contribution in [3.8, 4) is 11.5 Å². The van der Waals surface area contributed by atoms with Gasteiger partial charge < -0.3 is 14.0 Å². The second-order valence-electron chi connectivity index (χ2n) is 9.58. The maximum Gasteiger partial charge on any atom is 0.148 e. The van der Waals surface area contributed by atoms with Crippen LogP contribution in [0.3, 0.4) is 0 Å². The molecule has 0 radical (unpaired) electrons. The van der Waals surface area contributed by atoms with Crippen LogP contribution in [0.25, 0.3) is 11.0 Å². The molecule has 0 aliphatic rings. The Kier molecular flexibility index (Phi) is 7.56. The maximum absolute atomic E-state index is 6.33. The van der Waals surface area contributed by atoms with Gasteiger partial charge in [0, 0.05) is 6.54 Å². The first-order chi connectivity index (χ1) is 16.4. The molecule has 4 nitrogen and oxygen atoms in total. The molecule has 0 atom stereocenters. The lowest BCUT2D eigenvalue weighted by atomic mass is 10.0. The number of aryl methyl sites for hydroxylation is 2. The minimum absolute atomic E-state index is 0.404. The van der Waals surface area contributed by atoms with Gasteiger partial charge in [-0.3, -0.25) is 0 Å². The monoisotopic (exact) mass is 456 g/mol. The van der Waals surface area contributed by atoms with E-state index < -0.39 is 0 Å². The summed E-state index contributed by atoms with van der Waals surface area (Å²) in [5.74, 6) is 3.74. The number of fused-ring (bicyclic) bond motifs is 1. The average molecular weight is 457 g/mol. The van der Waals surface area contributed by atoms with Gasteiger partial charge in [0.2, 0.25) is 0 Å². The van der Waals surface area contributed by atoms with Crippen LogP contribution in [0.5, 0.6) is 11.5 Å². The van der Waals surface area contributed by atoms with Crippen LogP contribution in [0.1, 0.15) is 68.5 Å². The second kappa shape index (κ2) is 10.8. The molecule has 0 saturated heterocycles. The predicted molar refractivity (Wildman–Crippen MR) is 140 cm³/mol. The number of hydrogen-bond acceptors (Lipinski definition) is 3. The Morgan fingerprint density at radius 2 is 1.62 bits per heavy atom. The first-order valence-corrected chi connectivity index (χ1v) is 12.3. The number of ether oxygens (including phenoxy) is 2. The van der Waals surface area contributed by atoms with Gasteiger partial charge in [-0.2, -0.15) is 0 Å². The van der Waals surface area contributed by atoms with Crippen molar-refractivity contribution in [3.05, 3.63) is 89.2 Å². The Hall–Kier alpha value is -3.27. The van der Waals surface area contributed by atoms with Crippen molar-refractivity contribution in [1.82, 2.24) is 9.55 Å². The van der Waals surface area contributed by atoms with E-state index in [1.165, 1.54) is 16.7 Å². The fourth-order valence-corrected chi connectivity index (χ4v) is 4.23. The SMILES string of the molecule is Cc1ccc(C(C)C)c(OCc2nc3ccccc3n2CCCOc2ccc(C(C)C)cc2)c1. The molecule has 34 heavy (non-hydrogen) atoms. The van der Waals surface area contributed by atoms with Crippen LogP contribution in [0.2, 0.25) is 0 Å². The zero-order valence-electron chi connectivity index (χ0n) is 21.0. The lowest BCUT2D eigenvalue weighted by Gasteiger charge is -2.16. The zero-order valence-corrected chi connectivity index (χ0v) is 21.0. The summed E-state index contributed by atoms with van der Waals surface area (Å²) in [6.07, 6.45) is 0.890. The van der Waals surface area contributed by atoms with Crippen molar-refractivity contribution in [1.29, 1.82) is 0 Å². The molecular weight excluding hydrogens is 420 g/mol. The average Bonchev–Trinajstić information content (AvgIpc) is 3.18. The van der Waals surface area contributed by atoms with E-state index in [0.717, 1.165) is 41.3 Å². The van der Waals surface area contributed by atoms with Gasteiger partial charge in [0.15, 0.2) is 0 Å². The summed E-state index contributed by atoms with van der Waals surface area (Å²) >= 11 is 0. The minimum Gasteiger partial charge on any atom is -0.494 e. The smallest absolute Gasteiger partial charge is 0.148 e. The molecule has 0 fully saturated rings. The molecule has 1 aromatic heterocycles. The number of imidazole rings is 1. The number of rotatable bonds is 10. The van der Waals surface area contributed by atoms with E-state index in [1.54, 1.807) is 0 Å². The third-order valence-electron chi connectivity index (χ3n) is 6.22. The van der Waals surface area contributed by atoms with Gasteiger partial charge in [-0.1, -0.05) is 64.1 Å². The van der Waals surface area contributed by atoms with E-state index in [-0.39, 0.29) is 0 Å². The highest BCUT2D eigenvalue weighted by molar-refractivity contribution is 5.75. The first kappa shape index (κ1) is 23.9. The standard InChI is InChI=1S/C30H36N2O2/c1-21(2)24-12-14-25(15-13-24)33-18-8-17-32-28-10-7-6-9-27(28)31-30(32)20-34-29-19-23(5)11-16-26(29)22(3)4/h6-7,9-16,19,21-22H,8,17-18,20H2,1-5H3. The Labute approximate surface area is 203 Å². The molecule has 4 heteroatoms. The molecule has 0 aliphatic carbocycles. The molecule has 0 N–H and O–H groups in total. The van der Waals surface area contributed by atoms with Crippen LogP contribution in [0.4, 0.5) is 0 Å². The highest BCUT2D eigenvalue weighted by Gasteiger charge is 2.14. The molecule has 3 aromatic carbocycles. The second-order valence-corrected chi connectivity index (χ2v) is 9.58. The summed E-state index contributed by atoms with van der Waals surface area (Å²) in [4.78, 5) is 4.88. The van der Waals surface area contributed by atoms with Gasteiger partial charge in [0.25, 0.3) is 0 Å². The van der Waals surface area contributed by atoms with E-state index in [2.05, 4.69) is 99.8 Å². The van der Waals surface area contributed by atoms with Crippen LogP contribution >= 0.6 is 0 Å². The van der Waals surface area contributed by atoms with E-state index in [4.69, 9.17) is 14.5 Å². The van der Waals surface area contributed by atoms with Gasteiger partial charge in [-0.15, -0.1) is 0 Å². The van der Waals surface area contributed by atoms with Gasteiger partial charge in [0.05, 0.1) is 17.6 Å². The number of para-hydroxylation sites is 2. The Bertz CT molecular complexity index is 1220. The number of hydrogen-bond donors (Lipinski definition) is 0. The lowest BCUT2D eigenvalue weighted by molar-refractivity contribution is 0.277. The van der Waals surface area contributed by atoms with Crippen LogP contribution in [0, 0.1) is 6.92 Å². The topological polar surface area (TPSA) is 36.3 Å². The molecule has 0 amide bonds. The normalized spacial score (nSPS) is 11.5. The third-order valence-corrected chi connectivity index (χ3v) is 6.22. The van der Waals surface area contributed by atoms with Crippen LogP contribution in [-0.2, 0) is 13.2 Å². The van der Waals surface area contributed by atoms with Crippen molar-refractivity contribution < 1.29 is 9.47 Å². The fourth-order valence-electron chi connectivity index (χ4n) is 4.23. The molecule has 0 unspecified atom stereocenters. The molecule has 4 aromatic rings. The predicted octanol–water partition coefficient (Wildman–Crippen LogP) is 7.64. The first-order valence-electron chi connectivity index (χ1n) is 12.3. The highest BCUT2D eigenvalue weighted by atomic mass is 16.5.